The smallest absolute Gasteiger partial charge is 0.313 e. The lowest BCUT2D eigenvalue weighted by Crippen LogP contribution is -2.24. The number of carboxylic acid groups (broad SMARTS) is 1. The molecule has 0 aromatic carbocycles. The zero-order valence-corrected chi connectivity index (χ0v) is 11.9. The van der Waals surface area contributed by atoms with Gasteiger partial charge in [0.25, 0.3) is 0 Å². The summed E-state index contributed by atoms with van der Waals surface area (Å²) in [5.41, 5.74) is 0. The van der Waals surface area contributed by atoms with E-state index < -0.39 is 5.97 Å². The van der Waals surface area contributed by atoms with Crippen molar-refractivity contribution in [1.82, 2.24) is 14.8 Å². The highest BCUT2D eigenvalue weighted by molar-refractivity contribution is 7.99. The number of ether oxygens (including phenoxy) is 1. The van der Waals surface area contributed by atoms with Gasteiger partial charge >= 0.3 is 5.97 Å². The fraction of sp³-hybridized carbons (Fsp3) is 0.727. The van der Waals surface area contributed by atoms with Crippen molar-refractivity contribution in [1.29, 1.82) is 0 Å². The standard InChI is InChI=1S/C11H18N4O3S/c1-14-10(12-13-11(14)19-7-9(16)17)15-4-3-8(5-15)6-18-2/h8H,3-7H2,1-2H3,(H,16,17). The van der Waals surface area contributed by atoms with Crippen molar-refractivity contribution in [2.75, 3.05) is 37.5 Å². The predicted octanol–water partition coefficient (Wildman–Crippen LogP) is 0.464. The molecule has 0 bridgehead atoms. The quantitative estimate of drug-likeness (QED) is 0.761. The Kier molecular flexibility index (Phi) is 4.65. The molecular weight excluding hydrogens is 268 g/mol. The molecule has 1 aromatic heterocycles. The van der Waals surface area contributed by atoms with Gasteiger partial charge in [-0.25, -0.2) is 0 Å². The van der Waals surface area contributed by atoms with Gasteiger partial charge in [-0.1, -0.05) is 11.8 Å². The van der Waals surface area contributed by atoms with Gasteiger partial charge in [0.1, 0.15) is 0 Å². The summed E-state index contributed by atoms with van der Waals surface area (Å²) >= 11 is 1.18. The first-order valence-corrected chi connectivity index (χ1v) is 7.08. The third-order valence-corrected chi connectivity index (χ3v) is 4.11. The molecule has 1 fully saturated rings. The van der Waals surface area contributed by atoms with Gasteiger partial charge in [0.05, 0.1) is 12.4 Å². The van der Waals surface area contributed by atoms with Crippen LogP contribution in [0.4, 0.5) is 5.95 Å². The number of hydrogen-bond donors (Lipinski definition) is 1. The highest BCUT2D eigenvalue weighted by Gasteiger charge is 2.26. The highest BCUT2D eigenvalue weighted by atomic mass is 32.2. The van der Waals surface area contributed by atoms with Crippen LogP contribution in [0.1, 0.15) is 6.42 Å². The van der Waals surface area contributed by atoms with E-state index in [1.54, 1.807) is 7.11 Å². The van der Waals surface area contributed by atoms with Gasteiger partial charge in [0.2, 0.25) is 5.95 Å². The molecule has 1 unspecified atom stereocenters. The predicted molar refractivity (Wildman–Crippen MR) is 71.6 cm³/mol. The Morgan fingerprint density at radius 3 is 3.05 bits per heavy atom. The third-order valence-electron chi connectivity index (χ3n) is 3.11. The van der Waals surface area contributed by atoms with E-state index in [-0.39, 0.29) is 5.75 Å². The first kappa shape index (κ1) is 14.1. The maximum Gasteiger partial charge on any atom is 0.313 e. The van der Waals surface area contributed by atoms with Crippen LogP contribution in [0.15, 0.2) is 5.16 Å². The van der Waals surface area contributed by atoms with E-state index in [2.05, 4.69) is 15.1 Å². The number of aromatic nitrogens is 3. The molecule has 0 radical (unpaired) electrons. The number of aliphatic carboxylic acids is 1. The Bertz CT molecular complexity index is 451. The third kappa shape index (κ3) is 3.38. The lowest BCUT2D eigenvalue weighted by Gasteiger charge is -2.16. The minimum atomic E-state index is -0.851. The lowest BCUT2D eigenvalue weighted by molar-refractivity contribution is -0.133. The molecule has 0 amide bonds. The van der Waals surface area contributed by atoms with Gasteiger partial charge in [0, 0.05) is 33.2 Å². The molecule has 0 saturated carbocycles. The number of nitrogens with zero attached hydrogens (tertiary/aromatic N) is 4. The number of hydrogen-bond acceptors (Lipinski definition) is 6. The Labute approximate surface area is 115 Å². The van der Waals surface area contributed by atoms with Gasteiger partial charge in [-0.05, 0) is 6.42 Å². The molecular formula is C11H18N4O3S. The van der Waals surface area contributed by atoms with Crippen LogP contribution in [-0.4, -0.2) is 58.4 Å². The van der Waals surface area contributed by atoms with Gasteiger partial charge in [0.15, 0.2) is 5.16 Å². The van der Waals surface area contributed by atoms with Crippen molar-refractivity contribution in [3.05, 3.63) is 0 Å². The molecule has 106 valence electrons. The van der Waals surface area contributed by atoms with E-state index in [4.69, 9.17) is 9.84 Å². The van der Waals surface area contributed by atoms with Crippen LogP contribution in [0, 0.1) is 5.92 Å². The van der Waals surface area contributed by atoms with Crippen molar-refractivity contribution in [3.8, 4) is 0 Å². The van der Waals surface area contributed by atoms with Gasteiger partial charge < -0.3 is 14.7 Å². The number of thioether (sulfide) groups is 1. The molecule has 2 rings (SSSR count). The van der Waals surface area contributed by atoms with Crippen LogP contribution in [0.5, 0.6) is 0 Å². The topological polar surface area (TPSA) is 80.5 Å². The van der Waals surface area contributed by atoms with Crippen LogP contribution in [0.3, 0.4) is 0 Å². The highest BCUT2D eigenvalue weighted by Crippen LogP contribution is 2.25. The molecule has 1 N–H and O–H groups in total. The molecule has 7 nitrogen and oxygen atoms in total. The SMILES string of the molecule is COCC1CCN(c2nnc(SCC(=O)O)n2C)C1. The largest absolute Gasteiger partial charge is 0.481 e. The molecule has 19 heavy (non-hydrogen) atoms. The summed E-state index contributed by atoms with van der Waals surface area (Å²) in [6.45, 7) is 2.60. The zero-order valence-electron chi connectivity index (χ0n) is 11.1. The van der Waals surface area contributed by atoms with Crippen LogP contribution in [0.2, 0.25) is 0 Å². The second-order valence-corrected chi connectivity index (χ2v) is 5.52. The second kappa shape index (κ2) is 6.25. The normalized spacial score (nSPS) is 19.1. The van der Waals surface area contributed by atoms with E-state index in [9.17, 15) is 4.79 Å². The molecule has 0 spiro atoms. The number of anilines is 1. The van der Waals surface area contributed by atoms with Crippen molar-refractivity contribution < 1.29 is 14.6 Å². The summed E-state index contributed by atoms with van der Waals surface area (Å²) in [5.74, 6) is 0.470. The zero-order chi connectivity index (χ0) is 13.8. The summed E-state index contributed by atoms with van der Waals surface area (Å²) in [7, 11) is 3.58. The Morgan fingerprint density at radius 2 is 2.37 bits per heavy atom. The Balaban J connectivity index is 2.00. The van der Waals surface area contributed by atoms with E-state index in [1.165, 1.54) is 11.8 Å². The van der Waals surface area contributed by atoms with Crippen molar-refractivity contribution in [2.45, 2.75) is 11.6 Å². The minimum Gasteiger partial charge on any atom is -0.481 e. The Morgan fingerprint density at radius 1 is 1.58 bits per heavy atom. The molecule has 1 aliphatic rings. The minimum absolute atomic E-state index is 0.00171. The summed E-state index contributed by atoms with van der Waals surface area (Å²) < 4.78 is 7.02. The fourth-order valence-electron chi connectivity index (χ4n) is 2.22. The molecule has 0 aliphatic carbocycles. The molecule has 1 aromatic rings. The molecule has 1 aliphatic heterocycles. The van der Waals surface area contributed by atoms with Gasteiger partial charge in [-0.15, -0.1) is 10.2 Å². The Hall–Kier alpha value is -1.28. The van der Waals surface area contributed by atoms with Crippen LogP contribution in [-0.2, 0) is 16.6 Å². The number of rotatable bonds is 6. The van der Waals surface area contributed by atoms with Crippen LogP contribution >= 0.6 is 11.8 Å². The van der Waals surface area contributed by atoms with E-state index in [0.29, 0.717) is 11.1 Å². The lowest BCUT2D eigenvalue weighted by atomic mass is 10.1. The summed E-state index contributed by atoms with van der Waals surface area (Å²) in [4.78, 5) is 12.7. The number of carboxylic acids is 1. The fourth-order valence-corrected chi connectivity index (χ4v) is 2.85. The van der Waals surface area contributed by atoms with Gasteiger partial charge in [-0.2, -0.15) is 0 Å². The average Bonchev–Trinajstić information content (AvgIpc) is 2.94. The monoisotopic (exact) mass is 286 g/mol. The maximum atomic E-state index is 10.6. The first-order valence-electron chi connectivity index (χ1n) is 6.09. The summed E-state index contributed by atoms with van der Waals surface area (Å²) in [5, 5.41) is 17.5. The molecule has 1 atom stereocenters. The molecule has 2 heterocycles. The summed E-state index contributed by atoms with van der Waals surface area (Å²) in [6.07, 6.45) is 1.08. The summed E-state index contributed by atoms with van der Waals surface area (Å²) in [6, 6.07) is 0. The van der Waals surface area contributed by atoms with Crippen molar-refractivity contribution in [3.63, 3.8) is 0 Å². The number of methoxy groups -OCH3 is 1. The van der Waals surface area contributed by atoms with Crippen molar-refractivity contribution in [2.24, 2.45) is 13.0 Å². The maximum absolute atomic E-state index is 10.6. The average molecular weight is 286 g/mol. The van der Waals surface area contributed by atoms with Crippen LogP contribution < -0.4 is 4.90 Å². The van der Waals surface area contributed by atoms with Crippen LogP contribution in [0.25, 0.3) is 0 Å². The first-order chi connectivity index (χ1) is 9.11. The second-order valence-electron chi connectivity index (χ2n) is 4.58. The van der Waals surface area contributed by atoms with E-state index >= 15 is 0 Å². The molecule has 1 saturated heterocycles. The van der Waals surface area contributed by atoms with Crippen molar-refractivity contribution >= 4 is 23.7 Å². The van der Waals surface area contributed by atoms with E-state index in [1.807, 2.05) is 11.6 Å². The van der Waals surface area contributed by atoms with E-state index in [0.717, 1.165) is 32.1 Å². The molecule has 8 heteroatoms. The van der Waals surface area contributed by atoms with Gasteiger partial charge in [-0.3, -0.25) is 9.36 Å². The number of carbonyl (C=O) groups is 1.